The molecule has 0 fully saturated rings. The number of anilines is 1. The first-order valence-corrected chi connectivity index (χ1v) is 5.83. The highest BCUT2D eigenvalue weighted by atomic mass is 16.5. The first-order chi connectivity index (χ1) is 8.97. The summed E-state index contributed by atoms with van der Waals surface area (Å²) in [7, 11) is 0. The smallest absolute Gasteiger partial charge is 0.364 e. The predicted octanol–water partition coefficient (Wildman–Crippen LogP) is 1.97. The molecule has 0 amide bonds. The lowest BCUT2D eigenvalue weighted by Gasteiger charge is -2.06. The van der Waals surface area contributed by atoms with Crippen molar-refractivity contribution in [3.63, 3.8) is 0 Å². The van der Waals surface area contributed by atoms with Crippen LogP contribution in [-0.4, -0.2) is 20.9 Å². The van der Waals surface area contributed by atoms with E-state index in [1.165, 1.54) is 30.3 Å². The summed E-state index contributed by atoms with van der Waals surface area (Å²) in [5, 5.41) is 13.2. The summed E-state index contributed by atoms with van der Waals surface area (Å²) in [4.78, 5) is 11.9. The van der Waals surface area contributed by atoms with E-state index in [9.17, 15) is 4.79 Å². The van der Waals surface area contributed by atoms with Gasteiger partial charge in [0.2, 0.25) is 0 Å². The number of benzene rings is 1. The maximum absolute atomic E-state index is 11.9. The molecule has 0 atom stereocenters. The van der Waals surface area contributed by atoms with Crippen LogP contribution < -0.4 is 10.5 Å². The third-order valence-corrected chi connectivity index (χ3v) is 2.51. The van der Waals surface area contributed by atoms with Crippen LogP contribution in [0, 0.1) is 0 Å². The number of esters is 1. The molecule has 0 radical (unpaired) electrons. The summed E-state index contributed by atoms with van der Waals surface area (Å²) in [6, 6.07) is 7.40. The maximum Gasteiger partial charge on any atom is 0.364 e. The first-order valence-electron chi connectivity index (χ1n) is 5.83. The molecule has 1 aromatic heterocycles. The fourth-order valence-electron chi connectivity index (χ4n) is 1.60. The summed E-state index contributed by atoms with van der Waals surface area (Å²) >= 11 is 0. The number of phenolic OH excluding ortho intramolecular Hbond substituents is 1. The molecule has 0 spiro atoms. The molecule has 0 unspecified atom stereocenters. The SMILES string of the molecule is CC(C)n1nc(C(=O)Oc2ccc(O)cc2)cc1N. The molecule has 0 saturated heterocycles. The van der Waals surface area contributed by atoms with Gasteiger partial charge in [0.25, 0.3) is 0 Å². The monoisotopic (exact) mass is 261 g/mol. The molecular formula is C13H15N3O3. The van der Waals surface area contributed by atoms with Gasteiger partial charge in [-0.3, -0.25) is 0 Å². The van der Waals surface area contributed by atoms with Crippen LogP contribution in [0.25, 0.3) is 0 Å². The van der Waals surface area contributed by atoms with E-state index >= 15 is 0 Å². The number of phenols is 1. The van der Waals surface area contributed by atoms with Crippen LogP contribution >= 0.6 is 0 Å². The van der Waals surface area contributed by atoms with E-state index < -0.39 is 5.97 Å². The van der Waals surface area contributed by atoms with E-state index in [1.54, 1.807) is 4.68 Å². The van der Waals surface area contributed by atoms with Gasteiger partial charge in [-0.15, -0.1) is 0 Å². The Labute approximate surface area is 110 Å². The molecule has 0 saturated carbocycles. The lowest BCUT2D eigenvalue weighted by atomic mass is 10.3. The molecule has 0 aliphatic rings. The van der Waals surface area contributed by atoms with Crippen molar-refractivity contribution >= 4 is 11.8 Å². The van der Waals surface area contributed by atoms with Gasteiger partial charge in [0.05, 0.1) is 0 Å². The van der Waals surface area contributed by atoms with Gasteiger partial charge in [-0.2, -0.15) is 5.10 Å². The Bertz CT molecular complexity index is 588. The number of aromatic nitrogens is 2. The Morgan fingerprint density at radius 2 is 2.00 bits per heavy atom. The standard InChI is InChI=1S/C13H15N3O3/c1-8(2)16-12(14)7-11(15-16)13(18)19-10-5-3-9(17)4-6-10/h3-8,17H,14H2,1-2H3. The molecular weight excluding hydrogens is 246 g/mol. The zero-order valence-corrected chi connectivity index (χ0v) is 10.7. The number of hydrogen-bond acceptors (Lipinski definition) is 5. The molecule has 6 nitrogen and oxygen atoms in total. The Morgan fingerprint density at radius 3 is 2.53 bits per heavy atom. The van der Waals surface area contributed by atoms with Crippen molar-refractivity contribution in [1.29, 1.82) is 0 Å². The molecule has 0 aliphatic carbocycles. The van der Waals surface area contributed by atoms with Crippen LogP contribution in [0.4, 0.5) is 5.82 Å². The largest absolute Gasteiger partial charge is 0.508 e. The maximum atomic E-state index is 11.9. The predicted molar refractivity (Wildman–Crippen MR) is 70.1 cm³/mol. The summed E-state index contributed by atoms with van der Waals surface area (Å²) in [5.41, 5.74) is 5.91. The number of nitrogen functional groups attached to an aromatic ring is 1. The van der Waals surface area contributed by atoms with Crippen LogP contribution in [0.2, 0.25) is 0 Å². The second kappa shape index (κ2) is 5.01. The van der Waals surface area contributed by atoms with Crippen LogP contribution in [0.3, 0.4) is 0 Å². The van der Waals surface area contributed by atoms with Crippen LogP contribution in [0.5, 0.6) is 11.5 Å². The molecule has 6 heteroatoms. The number of ether oxygens (including phenoxy) is 1. The summed E-state index contributed by atoms with van der Waals surface area (Å²) in [6.45, 7) is 3.83. The normalized spacial score (nSPS) is 10.7. The number of rotatable bonds is 3. The van der Waals surface area contributed by atoms with Crippen molar-refractivity contribution in [2.75, 3.05) is 5.73 Å². The number of hydrogen-bond donors (Lipinski definition) is 2. The summed E-state index contributed by atoms with van der Waals surface area (Å²) < 4.78 is 6.67. The minimum atomic E-state index is -0.586. The fraction of sp³-hybridized carbons (Fsp3) is 0.231. The Kier molecular flexibility index (Phi) is 3.41. The fourth-order valence-corrected chi connectivity index (χ4v) is 1.60. The minimum absolute atomic E-state index is 0.0650. The van der Waals surface area contributed by atoms with E-state index in [2.05, 4.69) is 5.10 Å². The second-order valence-corrected chi connectivity index (χ2v) is 4.38. The average Bonchev–Trinajstić information content (AvgIpc) is 2.74. The van der Waals surface area contributed by atoms with E-state index in [0.29, 0.717) is 11.6 Å². The lowest BCUT2D eigenvalue weighted by Crippen LogP contribution is -2.11. The van der Waals surface area contributed by atoms with Crippen molar-refractivity contribution in [2.24, 2.45) is 0 Å². The summed E-state index contributed by atoms with van der Waals surface area (Å²) in [5.74, 6) is 0.262. The van der Waals surface area contributed by atoms with Gasteiger partial charge in [0.1, 0.15) is 17.3 Å². The van der Waals surface area contributed by atoms with E-state index in [-0.39, 0.29) is 17.5 Å². The highest BCUT2D eigenvalue weighted by molar-refractivity contribution is 5.89. The van der Waals surface area contributed by atoms with Crippen LogP contribution in [0.15, 0.2) is 30.3 Å². The van der Waals surface area contributed by atoms with E-state index in [4.69, 9.17) is 15.6 Å². The molecule has 0 aliphatic heterocycles. The van der Waals surface area contributed by atoms with Crippen molar-refractivity contribution in [2.45, 2.75) is 19.9 Å². The van der Waals surface area contributed by atoms with Crippen molar-refractivity contribution in [1.82, 2.24) is 9.78 Å². The number of carbonyl (C=O) groups excluding carboxylic acids is 1. The molecule has 2 aromatic rings. The van der Waals surface area contributed by atoms with Gasteiger partial charge in [-0.1, -0.05) is 0 Å². The zero-order valence-electron chi connectivity index (χ0n) is 10.7. The molecule has 3 N–H and O–H groups in total. The Balaban J connectivity index is 2.16. The first kappa shape index (κ1) is 12.9. The van der Waals surface area contributed by atoms with Gasteiger partial charge in [0, 0.05) is 12.1 Å². The van der Waals surface area contributed by atoms with Crippen molar-refractivity contribution in [3.8, 4) is 11.5 Å². The third kappa shape index (κ3) is 2.85. The quantitative estimate of drug-likeness (QED) is 0.651. The molecule has 2 rings (SSSR count). The van der Waals surface area contributed by atoms with Gasteiger partial charge < -0.3 is 15.6 Å². The lowest BCUT2D eigenvalue weighted by molar-refractivity contribution is 0.0727. The number of carbonyl (C=O) groups is 1. The van der Waals surface area contributed by atoms with Crippen molar-refractivity contribution in [3.05, 3.63) is 36.0 Å². The highest BCUT2D eigenvalue weighted by Gasteiger charge is 2.16. The Morgan fingerprint density at radius 1 is 1.37 bits per heavy atom. The van der Waals surface area contributed by atoms with Gasteiger partial charge >= 0.3 is 5.97 Å². The minimum Gasteiger partial charge on any atom is -0.508 e. The molecule has 19 heavy (non-hydrogen) atoms. The topological polar surface area (TPSA) is 90.4 Å². The highest BCUT2D eigenvalue weighted by Crippen LogP contribution is 2.18. The van der Waals surface area contributed by atoms with Gasteiger partial charge in [-0.25, -0.2) is 9.48 Å². The van der Waals surface area contributed by atoms with Crippen LogP contribution in [0.1, 0.15) is 30.4 Å². The zero-order chi connectivity index (χ0) is 14.0. The third-order valence-electron chi connectivity index (χ3n) is 2.51. The molecule has 100 valence electrons. The molecule has 0 bridgehead atoms. The average molecular weight is 261 g/mol. The Hall–Kier alpha value is -2.50. The molecule has 1 aromatic carbocycles. The molecule has 1 heterocycles. The summed E-state index contributed by atoms with van der Waals surface area (Å²) in [6.07, 6.45) is 0. The number of nitrogens with two attached hydrogens (primary N) is 1. The van der Waals surface area contributed by atoms with E-state index in [0.717, 1.165) is 0 Å². The van der Waals surface area contributed by atoms with Crippen LogP contribution in [-0.2, 0) is 0 Å². The number of nitrogens with zero attached hydrogens (tertiary/aromatic N) is 2. The van der Waals surface area contributed by atoms with Gasteiger partial charge in [-0.05, 0) is 38.1 Å². The van der Waals surface area contributed by atoms with E-state index in [1.807, 2.05) is 13.8 Å². The number of aromatic hydroxyl groups is 1. The van der Waals surface area contributed by atoms with Gasteiger partial charge in [0.15, 0.2) is 5.69 Å². The second-order valence-electron chi connectivity index (χ2n) is 4.38. The van der Waals surface area contributed by atoms with Crippen molar-refractivity contribution < 1.29 is 14.6 Å².